The molecule has 0 bridgehead atoms. The van der Waals surface area contributed by atoms with Crippen molar-refractivity contribution >= 4 is 11.8 Å². The van der Waals surface area contributed by atoms with E-state index >= 15 is 0 Å². The van der Waals surface area contributed by atoms with E-state index in [0.29, 0.717) is 5.56 Å². The molecule has 0 heterocycles. The molecule has 0 aliphatic heterocycles. The Balaban J connectivity index is 2.08. The average Bonchev–Trinajstić information content (AvgIpc) is 2.71. The molecule has 2 atom stereocenters. The second kappa shape index (κ2) is 9.98. The Morgan fingerprint density at radius 3 is 2.04 bits per heavy atom. The summed E-state index contributed by atoms with van der Waals surface area (Å²) in [5.74, 6) is -1.40. The molecule has 2 rings (SSSR count). The maximum Gasteiger partial charge on any atom is 0.268 e. The number of rotatable bonds is 8. The maximum atomic E-state index is 12.3. The van der Waals surface area contributed by atoms with Gasteiger partial charge in [-0.15, -0.1) is 0 Å². The van der Waals surface area contributed by atoms with Crippen molar-refractivity contribution in [3.63, 3.8) is 0 Å². The van der Waals surface area contributed by atoms with E-state index in [0.717, 1.165) is 24.2 Å². The molecule has 0 saturated heterocycles. The van der Waals surface area contributed by atoms with Crippen LogP contribution >= 0.6 is 0 Å². The second-order valence-electron chi connectivity index (χ2n) is 6.77. The van der Waals surface area contributed by atoms with Crippen molar-refractivity contribution in [2.75, 3.05) is 13.6 Å². The lowest BCUT2D eigenvalue weighted by molar-refractivity contribution is -0.133. The topological polar surface area (TPSA) is 102 Å². The van der Waals surface area contributed by atoms with E-state index in [9.17, 15) is 14.7 Å². The van der Waals surface area contributed by atoms with Crippen LogP contribution in [0.4, 0.5) is 0 Å². The van der Waals surface area contributed by atoms with Crippen molar-refractivity contribution in [3.8, 4) is 11.1 Å². The van der Waals surface area contributed by atoms with Crippen molar-refractivity contribution < 1.29 is 19.9 Å². The normalized spacial score (nSPS) is 13.1. The molecule has 4 N–H and O–H groups in total. The van der Waals surface area contributed by atoms with E-state index in [-0.39, 0.29) is 0 Å². The minimum absolute atomic E-state index is 0.348. The van der Waals surface area contributed by atoms with Crippen LogP contribution in [0.1, 0.15) is 29.8 Å². The molecular weight excluding hydrogens is 358 g/mol. The highest BCUT2D eigenvalue weighted by atomic mass is 16.5. The fourth-order valence-corrected chi connectivity index (χ4v) is 2.74. The minimum atomic E-state index is -1.24. The molecule has 28 heavy (non-hydrogen) atoms. The van der Waals surface area contributed by atoms with Gasteiger partial charge in [-0.25, -0.2) is 5.48 Å². The van der Waals surface area contributed by atoms with Crippen LogP contribution in [-0.4, -0.2) is 52.8 Å². The quantitative estimate of drug-likeness (QED) is 0.410. The van der Waals surface area contributed by atoms with Gasteiger partial charge < -0.3 is 15.3 Å². The van der Waals surface area contributed by atoms with Crippen LogP contribution < -0.4 is 10.8 Å². The molecule has 0 saturated carbocycles. The molecule has 7 nitrogen and oxygen atoms in total. The second-order valence-corrected chi connectivity index (χ2v) is 6.77. The molecule has 0 radical (unpaired) electrons. The molecule has 0 unspecified atom stereocenters. The molecule has 0 aliphatic carbocycles. The Morgan fingerprint density at radius 2 is 1.57 bits per heavy atom. The Labute approximate surface area is 164 Å². The fourth-order valence-electron chi connectivity index (χ4n) is 2.74. The van der Waals surface area contributed by atoms with Crippen LogP contribution in [-0.2, 0) is 11.3 Å². The van der Waals surface area contributed by atoms with Crippen molar-refractivity contribution in [1.82, 2.24) is 15.7 Å². The first kappa shape index (κ1) is 21.6. The SMILES string of the molecule is CCN(C)Cc1ccc(-c2ccc(C(=O)N[C@H](C(=O)NO)[C@@H](C)O)cc2)cc1. The summed E-state index contributed by atoms with van der Waals surface area (Å²) in [5.41, 5.74) is 5.02. The van der Waals surface area contributed by atoms with Gasteiger partial charge in [-0.3, -0.25) is 14.8 Å². The highest BCUT2D eigenvalue weighted by molar-refractivity contribution is 5.97. The number of nitrogens with one attached hydrogen (secondary N) is 2. The lowest BCUT2D eigenvalue weighted by Gasteiger charge is -2.19. The lowest BCUT2D eigenvalue weighted by atomic mass is 10.0. The standard InChI is InChI=1S/C21H27N3O4/c1-4-24(3)13-15-5-7-16(8-6-15)17-9-11-18(12-10-17)20(26)22-19(14(2)25)21(27)23-28/h5-12,14,19,25,28H,4,13H2,1-3H3,(H,22,26)(H,23,27)/t14-,19+/m1/s1. The van der Waals surface area contributed by atoms with Gasteiger partial charge in [0.1, 0.15) is 6.04 Å². The number of hydrogen-bond donors (Lipinski definition) is 4. The molecule has 0 aromatic heterocycles. The summed E-state index contributed by atoms with van der Waals surface area (Å²) >= 11 is 0. The predicted molar refractivity (Wildman–Crippen MR) is 107 cm³/mol. The molecule has 0 fully saturated rings. The monoisotopic (exact) mass is 385 g/mol. The third-order valence-corrected chi connectivity index (χ3v) is 4.59. The summed E-state index contributed by atoms with van der Waals surface area (Å²) in [7, 11) is 2.07. The van der Waals surface area contributed by atoms with Gasteiger partial charge in [-0.1, -0.05) is 43.3 Å². The van der Waals surface area contributed by atoms with Crippen LogP contribution in [0.5, 0.6) is 0 Å². The first-order chi connectivity index (χ1) is 13.3. The number of aliphatic hydroxyl groups excluding tert-OH is 1. The molecule has 2 amide bonds. The number of aliphatic hydroxyl groups is 1. The van der Waals surface area contributed by atoms with Crippen LogP contribution in [0.15, 0.2) is 48.5 Å². The number of carbonyl (C=O) groups is 2. The van der Waals surface area contributed by atoms with Crippen molar-refractivity contribution in [3.05, 3.63) is 59.7 Å². The van der Waals surface area contributed by atoms with Gasteiger partial charge in [0.2, 0.25) is 0 Å². The third kappa shape index (κ3) is 5.63. The van der Waals surface area contributed by atoms with E-state index in [1.807, 2.05) is 24.3 Å². The molecular formula is C21H27N3O4. The van der Waals surface area contributed by atoms with E-state index in [4.69, 9.17) is 5.21 Å². The number of benzene rings is 2. The lowest BCUT2D eigenvalue weighted by Crippen LogP contribution is -2.51. The summed E-state index contributed by atoms with van der Waals surface area (Å²) in [6.45, 7) is 5.35. The highest BCUT2D eigenvalue weighted by Gasteiger charge is 2.25. The van der Waals surface area contributed by atoms with Gasteiger partial charge in [0, 0.05) is 12.1 Å². The van der Waals surface area contributed by atoms with Gasteiger partial charge >= 0.3 is 0 Å². The summed E-state index contributed by atoms with van der Waals surface area (Å²) in [4.78, 5) is 26.1. The van der Waals surface area contributed by atoms with E-state index in [1.165, 1.54) is 18.0 Å². The van der Waals surface area contributed by atoms with Crippen molar-refractivity contribution in [2.24, 2.45) is 0 Å². The highest BCUT2D eigenvalue weighted by Crippen LogP contribution is 2.21. The smallest absolute Gasteiger partial charge is 0.268 e. The van der Waals surface area contributed by atoms with E-state index < -0.39 is 24.0 Å². The fraction of sp³-hybridized carbons (Fsp3) is 0.333. The molecule has 0 aliphatic rings. The summed E-state index contributed by atoms with van der Waals surface area (Å²) in [5, 5.41) is 20.7. The average molecular weight is 385 g/mol. The van der Waals surface area contributed by atoms with Gasteiger partial charge in [-0.2, -0.15) is 0 Å². The van der Waals surface area contributed by atoms with E-state index in [2.05, 4.69) is 36.3 Å². The number of hydrogen-bond acceptors (Lipinski definition) is 5. The van der Waals surface area contributed by atoms with Gasteiger partial charge in [0.25, 0.3) is 11.8 Å². The number of carbonyl (C=O) groups excluding carboxylic acids is 2. The molecule has 2 aromatic carbocycles. The molecule has 7 heteroatoms. The summed E-state index contributed by atoms with van der Waals surface area (Å²) in [6.07, 6.45) is -1.15. The van der Waals surface area contributed by atoms with Crippen LogP contribution in [0, 0.1) is 0 Å². The molecule has 2 aromatic rings. The zero-order valence-corrected chi connectivity index (χ0v) is 16.3. The van der Waals surface area contributed by atoms with Gasteiger partial charge in [0.15, 0.2) is 0 Å². The molecule has 150 valence electrons. The Bertz CT molecular complexity index is 788. The maximum absolute atomic E-state index is 12.3. The van der Waals surface area contributed by atoms with Crippen molar-refractivity contribution in [1.29, 1.82) is 0 Å². The summed E-state index contributed by atoms with van der Waals surface area (Å²) in [6, 6.07) is 14.0. The number of amides is 2. The van der Waals surface area contributed by atoms with Crippen molar-refractivity contribution in [2.45, 2.75) is 32.5 Å². The van der Waals surface area contributed by atoms with Crippen LogP contribution in [0.25, 0.3) is 11.1 Å². The number of nitrogens with zero attached hydrogens (tertiary/aromatic N) is 1. The van der Waals surface area contributed by atoms with Gasteiger partial charge in [0.05, 0.1) is 6.10 Å². The zero-order chi connectivity index (χ0) is 20.7. The first-order valence-electron chi connectivity index (χ1n) is 9.16. The van der Waals surface area contributed by atoms with E-state index in [1.54, 1.807) is 12.1 Å². The minimum Gasteiger partial charge on any atom is -0.391 e. The Kier molecular flexibility index (Phi) is 7.69. The van der Waals surface area contributed by atoms with Crippen LogP contribution in [0.3, 0.4) is 0 Å². The number of hydroxylamine groups is 1. The first-order valence-corrected chi connectivity index (χ1v) is 9.16. The summed E-state index contributed by atoms with van der Waals surface area (Å²) < 4.78 is 0. The third-order valence-electron chi connectivity index (χ3n) is 4.59. The Hall–Kier alpha value is -2.74. The van der Waals surface area contributed by atoms with Gasteiger partial charge in [-0.05, 0) is 49.3 Å². The predicted octanol–water partition coefficient (Wildman–Crippen LogP) is 1.79. The zero-order valence-electron chi connectivity index (χ0n) is 16.3. The molecule has 0 spiro atoms. The Morgan fingerprint density at radius 1 is 1.04 bits per heavy atom. The van der Waals surface area contributed by atoms with Crippen LogP contribution in [0.2, 0.25) is 0 Å². The largest absolute Gasteiger partial charge is 0.391 e.